The van der Waals surface area contributed by atoms with Gasteiger partial charge in [-0.25, -0.2) is 0 Å². The minimum atomic E-state index is -1.38. The molecule has 0 aromatic carbocycles. The third-order valence-corrected chi connectivity index (χ3v) is 12.7. The molecule has 5 aliphatic rings. The minimum Gasteiger partial charge on any atom is -0.396 e. The largest absolute Gasteiger partial charge is 0.396 e. The van der Waals surface area contributed by atoms with Gasteiger partial charge in [-0.05, 0) is 71.7 Å². The Balaban J connectivity index is 1.39. The van der Waals surface area contributed by atoms with Crippen LogP contribution >= 0.6 is 0 Å². The standard InChI is InChI=1S/C34H56O10/c1-17(19(3)15-35)7-8-18(2)25-27(39)28(40)30-33(25,5)12-10-24-32(4)11-9-20(13-21(32)22(36)14-34(24,30)41)44-31-29(42-6)26(38)23(37)16-43-31/h7-8,13,17-20,22-31,35-41H,9-12,14-16H2,1-6H3/b8-7+/t17?,18-,19?,20+,22-,23-,24?,25+,26+,27-,28+,29-,30?,31+,32+,33-,34+/m1/s1. The van der Waals surface area contributed by atoms with Crippen LogP contribution in [0.5, 0.6) is 0 Å². The highest BCUT2D eigenvalue weighted by Crippen LogP contribution is 2.69. The molecular formula is C34H56O10. The maximum Gasteiger partial charge on any atom is 0.187 e. The van der Waals surface area contributed by atoms with Crippen LogP contribution in [0.4, 0.5) is 0 Å². The number of aliphatic hydroxyl groups is 7. The predicted octanol–water partition coefficient (Wildman–Crippen LogP) is 1.53. The highest BCUT2D eigenvalue weighted by Gasteiger charge is 2.72. The van der Waals surface area contributed by atoms with E-state index < -0.39 is 71.4 Å². The van der Waals surface area contributed by atoms with Crippen molar-refractivity contribution in [3.05, 3.63) is 23.8 Å². The molecule has 4 aliphatic carbocycles. The summed E-state index contributed by atoms with van der Waals surface area (Å²) in [6.07, 6.45) is 1.36. The molecule has 4 fully saturated rings. The van der Waals surface area contributed by atoms with Crippen molar-refractivity contribution in [1.29, 1.82) is 0 Å². The van der Waals surface area contributed by atoms with Gasteiger partial charge in [0.1, 0.15) is 18.3 Å². The number of allylic oxidation sites excluding steroid dienone is 2. The molecule has 44 heavy (non-hydrogen) atoms. The van der Waals surface area contributed by atoms with E-state index in [1.54, 1.807) is 0 Å². The quantitative estimate of drug-likeness (QED) is 0.197. The van der Waals surface area contributed by atoms with Crippen LogP contribution in [0.2, 0.25) is 0 Å². The van der Waals surface area contributed by atoms with Crippen molar-refractivity contribution in [3.63, 3.8) is 0 Å². The Hall–Kier alpha value is -0.920. The molecule has 1 saturated heterocycles. The predicted molar refractivity (Wildman–Crippen MR) is 162 cm³/mol. The fraction of sp³-hybridized carbons (Fsp3) is 0.882. The molecule has 3 saturated carbocycles. The van der Waals surface area contributed by atoms with Gasteiger partial charge in [0.05, 0.1) is 36.6 Å². The monoisotopic (exact) mass is 624 g/mol. The van der Waals surface area contributed by atoms with E-state index in [0.29, 0.717) is 19.3 Å². The van der Waals surface area contributed by atoms with Crippen molar-refractivity contribution in [2.75, 3.05) is 20.3 Å². The zero-order valence-electron chi connectivity index (χ0n) is 27.1. The molecule has 17 atom stereocenters. The highest BCUT2D eigenvalue weighted by atomic mass is 16.7. The van der Waals surface area contributed by atoms with E-state index in [1.807, 2.05) is 13.0 Å². The Morgan fingerprint density at radius 2 is 1.70 bits per heavy atom. The minimum absolute atomic E-state index is 0.0589. The molecule has 252 valence electrons. The third-order valence-electron chi connectivity index (χ3n) is 12.7. The number of fused-ring (bicyclic) bond motifs is 5. The molecule has 0 aromatic heterocycles. The maximum absolute atomic E-state index is 12.6. The Morgan fingerprint density at radius 3 is 2.36 bits per heavy atom. The summed E-state index contributed by atoms with van der Waals surface area (Å²) in [5, 5.41) is 77.3. The molecule has 5 rings (SSSR count). The van der Waals surface area contributed by atoms with Gasteiger partial charge in [0, 0.05) is 26.1 Å². The summed E-state index contributed by atoms with van der Waals surface area (Å²) in [6, 6.07) is 0. The van der Waals surface area contributed by atoms with E-state index in [0.717, 1.165) is 12.0 Å². The fourth-order valence-electron chi connectivity index (χ4n) is 10.1. The van der Waals surface area contributed by atoms with E-state index in [2.05, 4.69) is 39.8 Å². The summed E-state index contributed by atoms with van der Waals surface area (Å²) in [5.74, 6) is -0.895. The maximum atomic E-state index is 12.6. The second-order valence-electron chi connectivity index (χ2n) is 15.3. The van der Waals surface area contributed by atoms with Crippen molar-refractivity contribution >= 4 is 0 Å². The Morgan fingerprint density at radius 1 is 1.00 bits per heavy atom. The van der Waals surface area contributed by atoms with Gasteiger partial charge in [-0.1, -0.05) is 52.8 Å². The van der Waals surface area contributed by atoms with E-state index in [9.17, 15) is 35.7 Å². The lowest BCUT2D eigenvalue weighted by atomic mass is 9.43. The average Bonchev–Trinajstić information content (AvgIpc) is 3.18. The van der Waals surface area contributed by atoms with Crippen LogP contribution in [0.25, 0.3) is 0 Å². The molecule has 0 bridgehead atoms. The summed E-state index contributed by atoms with van der Waals surface area (Å²) in [7, 11) is 1.43. The molecule has 1 aliphatic heterocycles. The molecule has 7 N–H and O–H groups in total. The SMILES string of the molecule is CO[C@H]1[C@H](O[C@@H]2C=C3[C@H](O)C[C@]4(O)C(CC[C@@]5(C)C4[C@@H](O)[C@H](O)[C@@H]5[C@H](C)/C=C/C(C)C(C)CO)[C@@]3(C)CC2)OC[C@@H](O)[C@@H]1O. The van der Waals surface area contributed by atoms with Crippen molar-refractivity contribution in [2.45, 2.75) is 121 Å². The first-order valence-corrected chi connectivity index (χ1v) is 16.6. The van der Waals surface area contributed by atoms with Crippen molar-refractivity contribution in [2.24, 2.45) is 46.3 Å². The highest BCUT2D eigenvalue weighted by molar-refractivity contribution is 5.33. The van der Waals surface area contributed by atoms with Gasteiger partial charge in [0.2, 0.25) is 0 Å². The summed E-state index contributed by atoms with van der Waals surface area (Å²) in [5.41, 5.74) is -1.65. The zero-order valence-corrected chi connectivity index (χ0v) is 27.1. The second-order valence-corrected chi connectivity index (χ2v) is 15.3. The van der Waals surface area contributed by atoms with Crippen molar-refractivity contribution in [1.82, 2.24) is 0 Å². The normalized spacial score (nSPS) is 51.2. The summed E-state index contributed by atoms with van der Waals surface area (Å²) in [6.45, 7) is 10.3. The molecule has 0 radical (unpaired) electrons. The lowest BCUT2D eigenvalue weighted by molar-refractivity contribution is -0.285. The van der Waals surface area contributed by atoms with Crippen LogP contribution in [-0.4, -0.2) is 111 Å². The van der Waals surface area contributed by atoms with Crippen LogP contribution in [0.3, 0.4) is 0 Å². The number of hydrogen-bond donors (Lipinski definition) is 7. The van der Waals surface area contributed by atoms with Gasteiger partial charge in [0.15, 0.2) is 6.29 Å². The molecule has 10 heteroatoms. The first-order chi connectivity index (χ1) is 20.6. The number of ether oxygens (including phenoxy) is 3. The summed E-state index contributed by atoms with van der Waals surface area (Å²) in [4.78, 5) is 0. The summed E-state index contributed by atoms with van der Waals surface area (Å²) >= 11 is 0. The van der Waals surface area contributed by atoms with Crippen molar-refractivity contribution in [3.8, 4) is 0 Å². The number of methoxy groups -OCH3 is 1. The zero-order chi connectivity index (χ0) is 32.4. The van der Waals surface area contributed by atoms with Crippen LogP contribution in [0, 0.1) is 46.3 Å². The second kappa shape index (κ2) is 12.6. The number of hydrogen-bond acceptors (Lipinski definition) is 10. The van der Waals surface area contributed by atoms with Gasteiger partial charge < -0.3 is 50.0 Å². The number of rotatable bonds is 8. The van der Waals surface area contributed by atoms with Gasteiger partial charge >= 0.3 is 0 Å². The third kappa shape index (κ3) is 5.45. The van der Waals surface area contributed by atoms with Crippen LogP contribution in [-0.2, 0) is 14.2 Å². The van der Waals surface area contributed by atoms with E-state index >= 15 is 0 Å². The fourth-order valence-corrected chi connectivity index (χ4v) is 10.1. The van der Waals surface area contributed by atoms with Crippen LogP contribution in [0.15, 0.2) is 23.8 Å². The van der Waals surface area contributed by atoms with Crippen molar-refractivity contribution < 1.29 is 50.0 Å². The smallest absolute Gasteiger partial charge is 0.187 e. The molecule has 0 spiro atoms. The van der Waals surface area contributed by atoms with Gasteiger partial charge in [-0.2, -0.15) is 0 Å². The molecule has 4 unspecified atom stereocenters. The van der Waals surface area contributed by atoms with E-state index in [1.165, 1.54) is 7.11 Å². The first kappa shape index (κ1) is 34.4. The Bertz CT molecular complexity index is 1080. The Labute approximate surface area is 261 Å². The van der Waals surface area contributed by atoms with Crippen LogP contribution < -0.4 is 0 Å². The molecular weight excluding hydrogens is 568 g/mol. The van der Waals surface area contributed by atoms with Gasteiger partial charge in [-0.3, -0.25) is 0 Å². The molecule has 0 aromatic rings. The first-order valence-electron chi connectivity index (χ1n) is 16.6. The summed E-state index contributed by atoms with van der Waals surface area (Å²) < 4.78 is 17.2. The average molecular weight is 625 g/mol. The van der Waals surface area contributed by atoms with E-state index in [4.69, 9.17) is 14.2 Å². The molecule has 10 nitrogen and oxygen atoms in total. The number of aliphatic hydroxyl groups excluding tert-OH is 6. The van der Waals surface area contributed by atoms with Gasteiger partial charge in [0.25, 0.3) is 0 Å². The Kier molecular flexibility index (Phi) is 9.85. The topological polar surface area (TPSA) is 169 Å². The van der Waals surface area contributed by atoms with Gasteiger partial charge in [-0.15, -0.1) is 0 Å². The van der Waals surface area contributed by atoms with Crippen LogP contribution in [0.1, 0.15) is 66.7 Å². The van der Waals surface area contributed by atoms with E-state index in [-0.39, 0.29) is 49.2 Å². The molecule has 1 heterocycles. The lowest BCUT2D eigenvalue weighted by Gasteiger charge is -2.63. The molecule has 0 amide bonds. The lowest BCUT2D eigenvalue weighted by Crippen LogP contribution is -2.66.